The van der Waals surface area contributed by atoms with Crippen molar-refractivity contribution in [1.29, 1.82) is 0 Å². The minimum atomic E-state index is 0.809. The van der Waals surface area contributed by atoms with Gasteiger partial charge in [0.25, 0.3) is 0 Å². The Balaban J connectivity index is 3.20. The van der Waals surface area contributed by atoms with Gasteiger partial charge in [-0.2, -0.15) is 0 Å². The lowest BCUT2D eigenvalue weighted by Gasteiger charge is -2.19. The Morgan fingerprint density at radius 3 is 2.13 bits per heavy atom. The van der Waals surface area contributed by atoms with Crippen molar-refractivity contribution < 1.29 is 0 Å². The van der Waals surface area contributed by atoms with Crippen molar-refractivity contribution in [1.82, 2.24) is 15.1 Å². The summed E-state index contributed by atoms with van der Waals surface area (Å²) >= 11 is 0. The lowest BCUT2D eigenvalue weighted by Crippen LogP contribution is -2.34. The average molecular weight is 215 g/mol. The van der Waals surface area contributed by atoms with E-state index >= 15 is 0 Å². The van der Waals surface area contributed by atoms with Crippen LogP contribution in [0.2, 0.25) is 0 Å². The molecule has 1 N–H and O–H groups in total. The van der Waals surface area contributed by atoms with Gasteiger partial charge in [-0.05, 0) is 40.0 Å². The fourth-order valence-electron chi connectivity index (χ4n) is 1.27. The van der Waals surface area contributed by atoms with E-state index < -0.39 is 0 Å². The maximum absolute atomic E-state index is 3.48. The number of nitrogens with one attached hydrogen (secondary N) is 1. The molecule has 0 unspecified atom stereocenters. The number of hydrogen-bond donors (Lipinski definition) is 1. The summed E-state index contributed by atoms with van der Waals surface area (Å²) in [5, 5.41) is 3.48. The molecule has 0 aromatic heterocycles. The quantitative estimate of drug-likeness (QED) is 0.581. The third kappa shape index (κ3) is 11.8. The summed E-state index contributed by atoms with van der Waals surface area (Å²) in [4.78, 5) is 4.60. The van der Waals surface area contributed by atoms with Crippen LogP contribution in [-0.4, -0.2) is 63.7 Å². The molecule has 0 spiro atoms. The molecule has 0 rings (SSSR count). The second-order valence-electron chi connectivity index (χ2n) is 5.04. The molecule has 0 aliphatic heterocycles. The van der Waals surface area contributed by atoms with Crippen LogP contribution in [-0.2, 0) is 0 Å². The van der Waals surface area contributed by atoms with E-state index in [2.05, 4.69) is 50.1 Å². The normalized spacial score (nSPS) is 12.0. The molecule has 0 saturated carbocycles. The zero-order valence-corrected chi connectivity index (χ0v) is 11.2. The van der Waals surface area contributed by atoms with Crippen molar-refractivity contribution in [2.45, 2.75) is 20.3 Å². The summed E-state index contributed by atoms with van der Waals surface area (Å²) < 4.78 is 0. The summed E-state index contributed by atoms with van der Waals surface area (Å²) in [6.45, 7) is 10.2. The van der Waals surface area contributed by atoms with E-state index in [0.717, 1.165) is 38.6 Å². The molecule has 0 aliphatic rings. The van der Waals surface area contributed by atoms with Gasteiger partial charge in [0, 0.05) is 26.2 Å². The molecule has 15 heavy (non-hydrogen) atoms. The maximum atomic E-state index is 3.48. The molecule has 0 aromatic rings. The smallest absolute Gasteiger partial charge is 0.0107 e. The molecule has 3 nitrogen and oxygen atoms in total. The van der Waals surface area contributed by atoms with Crippen LogP contribution in [0.25, 0.3) is 0 Å². The molecular formula is C12H29N3. The van der Waals surface area contributed by atoms with E-state index in [0.29, 0.717) is 0 Å². The Morgan fingerprint density at radius 1 is 0.933 bits per heavy atom. The van der Waals surface area contributed by atoms with E-state index in [1.54, 1.807) is 0 Å². The Morgan fingerprint density at radius 2 is 1.60 bits per heavy atom. The first kappa shape index (κ1) is 14.9. The Labute approximate surface area is 95.8 Å². The van der Waals surface area contributed by atoms with Gasteiger partial charge < -0.3 is 15.1 Å². The van der Waals surface area contributed by atoms with Crippen LogP contribution in [0.3, 0.4) is 0 Å². The largest absolute Gasteiger partial charge is 0.315 e. The predicted octanol–water partition coefficient (Wildman–Crippen LogP) is 1.12. The van der Waals surface area contributed by atoms with Gasteiger partial charge in [-0.1, -0.05) is 13.8 Å². The molecule has 3 heteroatoms. The van der Waals surface area contributed by atoms with E-state index in [-0.39, 0.29) is 0 Å². The molecule has 92 valence electrons. The van der Waals surface area contributed by atoms with E-state index in [4.69, 9.17) is 0 Å². The second-order valence-corrected chi connectivity index (χ2v) is 5.04. The van der Waals surface area contributed by atoms with Crippen molar-refractivity contribution >= 4 is 0 Å². The maximum Gasteiger partial charge on any atom is 0.0107 e. The van der Waals surface area contributed by atoms with Gasteiger partial charge in [0.2, 0.25) is 0 Å². The van der Waals surface area contributed by atoms with Crippen molar-refractivity contribution in [3.8, 4) is 0 Å². The molecule has 0 heterocycles. The molecule has 0 radical (unpaired) electrons. The molecular weight excluding hydrogens is 186 g/mol. The van der Waals surface area contributed by atoms with Crippen molar-refractivity contribution in [3.63, 3.8) is 0 Å². The van der Waals surface area contributed by atoms with Crippen LogP contribution in [0.4, 0.5) is 0 Å². The SMILES string of the molecule is CC(C)CCNCCN(C)CCN(C)C. The third-order valence-electron chi connectivity index (χ3n) is 2.50. The topological polar surface area (TPSA) is 18.5 Å². The summed E-state index contributed by atoms with van der Waals surface area (Å²) in [6, 6.07) is 0. The minimum Gasteiger partial charge on any atom is -0.315 e. The van der Waals surface area contributed by atoms with Crippen LogP contribution < -0.4 is 5.32 Å². The molecule has 0 aliphatic carbocycles. The average Bonchev–Trinajstić information content (AvgIpc) is 2.13. The lowest BCUT2D eigenvalue weighted by molar-refractivity contribution is 0.281. The summed E-state index contributed by atoms with van der Waals surface area (Å²) in [6.07, 6.45) is 1.28. The lowest BCUT2D eigenvalue weighted by atomic mass is 10.1. The first-order valence-electron chi connectivity index (χ1n) is 6.06. The van der Waals surface area contributed by atoms with Gasteiger partial charge in [0.15, 0.2) is 0 Å². The fourth-order valence-corrected chi connectivity index (χ4v) is 1.27. The Hall–Kier alpha value is -0.120. The highest BCUT2D eigenvalue weighted by Gasteiger charge is 1.98. The first-order chi connectivity index (χ1) is 7.02. The Kier molecular flexibility index (Phi) is 9.06. The van der Waals surface area contributed by atoms with Crippen LogP contribution in [0.1, 0.15) is 20.3 Å². The van der Waals surface area contributed by atoms with Crippen molar-refractivity contribution in [2.24, 2.45) is 5.92 Å². The first-order valence-corrected chi connectivity index (χ1v) is 6.06. The number of likely N-dealkylation sites (N-methyl/N-ethyl adjacent to an activating group) is 2. The van der Waals surface area contributed by atoms with Crippen LogP contribution in [0, 0.1) is 5.92 Å². The monoisotopic (exact) mass is 215 g/mol. The standard InChI is InChI=1S/C12H29N3/c1-12(2)6-7-13-8-9-15(5)11-10-14(3)4/h12-13H,6-11H2,1-5H3. The van der Waals surface area contributed by atoms with Crippen molar-refractivity contribution in [3.05, 3.63) is 0 Å². The minimum absolute atomic E-state index is 0.809. The number of rotatable bonds is 9. The van der Waals surface area contributed by atoms with Gasteiger partial charge in [-0.15, -0.1) is 0 Å². The molecule has 0 saturated heterocycles. The zero-order valence-electron chi connectivity index (χ0n) is 11.2. The van der Waals surface area contributed by atoms with Gasteiger partial charge in [0.05, 0.1) is 0 Å². The van der Waals surface area contributed by atoms with Gasteiger partial charge in [0.1, 0.15) is 0 Å². The molecule has 0 bridgehead atoms. The number of nitrogens with zero attached hydrogens (tertiary/aromatic N) is 2. The fraction of sp³-hybridized carbons (Fsp3) is 1.00. The summed E-state index contributed by atoms with van der Waals surface area (Å²) in [5.74, 6) is 0.809. The highest BCUT2D eigenvalue weighted by molar-refractivity contribution is 4.57. The van der Waals surface area contributed by atoms with Gasteiger partial charge in [-0.25, -0.2) is 0 Å². The number of hydrogen-bond acceptors (Lipinski definition) is 3. The Bertz CT molecular complexity index is 135. The molecule has 0 amide bonds. The molecule has 0 atom stereocenters. The van der Waals surface area contributed by atoms with Gasteiger partial charge >= 0.3 is 0 Å². The van der Waals surface area contributed by atoms with Gasteiger partial charge in [-0.3, -0.25) is 0 Å². The predicted molar refractivity (Wildman–Crippen MR) is 68.4 cm³/mol. The second kappa shape index (κ2) is 9.13. The summed E-state index contributed by atoms with van der Waals surface area (Å²) in [5.41, 5.74) is 0. The zero-order chi connectivity index (χ0) is 11.7. The molecule has 0 fully saturated rings. The van der Waals surface area contributed by atoms with Crippen LogP contribution >= 0.6 is 0 Å². The third-order valence-corrected chi connectivity index (χ3v) is 2.50. The van der Waals surface area contributed by atoms with Crippen LogP contribution in [0.5, 0.6) is 0 Å². The van der Waals surface area contributed by atoms with Crippen LogP contribution in [0.15, 0.2) is 0 Å². The highest BCUT2D eigenvalue weighted by atomic mass is 15.2. The van der Waals surface area contributed by atoms with Crippen molar-refractivity contribution in [2.75, 3.05) is 53.9 Å². The van der Waals surface area contributed by atoms with E-state index in [1.165, 1.54) is 6.42 Å². The van der Waals surface area contributed by atoms with E-state index in [1.807, 2.05) is 0 Å². The molecule has 0 aromatic carbocycles. The summed E-state index contributed by atoms with van der Waals surface area (Å²) in [7, 11) is 6.43. The highest BCUT2D eigenvalue weighted by Crippen LogP contribution is 1.95. The van der Waals surface area contributed by atoms with E-state index in [9.17, 15) is 0 Å².